The molecule has 1 unspecified atom stereocenters. The SMILES string of the molecule is CCOc1ccc(C2CC(=O)Nc3c2c(=O)nc(SCc2cccc(Cl)c2)n3C)cc1OC. The van der Waals surface area contributed by atoms with Gasteiger partial charge in [0.1, 0.15) is 5.82 Å². The van der Waals surface area contributed by atoms with E-state index in [-0.39, 0.29) is 17.9 Å². The normalized spacial score (nSPS) is 15.0. The number of anilines is 1. The van der Waals surface area contributed by atoms with Crippen molar-refractivity contribution < 1.29 is 14.3 Å². The lowest BCUT2D eigenvalue weighted by atomic mass is 9.86. The summed E-state index contributed by atoms with van der Waals surface area (Å²) in [5, 5.41) is 4.04. The minimum Gasteiger partial charge on any atom is -0.493 e. The molecule has 1 atom stereocenters. The van der Waals surface area contributed by atoms with E-state index in [4.69, 9.17) is 21.1 Å². The van der Waals surface area contributed by atoms with Crippen molar-refractivity contribution in [2.45, 2.75) is 30.2 Å². The number of carbonyl (C=O) groups is 1. The molecule has 0 spiro atoms. The average molecular weight is 486 g/mol. The van der Waals surface area contributed by atoms with Crippen molar-refractivity contribution >= 4 is 35.1 Å². The molecule has 0 saturated heterocycles. The summed E-state index contributed by atoms with van der Waals surface area (Å²) < 4.78 is 12.8. The first-order chi connectivity index (χ1) is 15.9. The highest BCUT2D eigenvalue weighted by molar-refractivity contribution is 7.98. The number of ether oxygens (including phenoxy) is 2. The maximum Gasteiger partial charge on any atom is 0.279 e. The van der Waals surface area contributed by atoms with E-state index < -0.39 is 5.92 Å². The zero-order chi connectivity index (χ0) is 23.5. The number of rotatable bonds is 7. The van der Waals surface area contributed by atoms with Gasteiger partial charge >= 0.3 is 0 Å². The lowest BCUT2D eigenvalue weighted by molar-refractivity contribution is -0.116. The van der Waals surface area contributed by atoms with Crippen LogP contribution in [-0.2, 0) is 17.6 Å². The van der Waals surface area contributed by atoms with Crippen LogP contribution in [0.15, 0.2) is 52.4 Å². The number of amides is 1. The summed E-state index contributed by atoms with van der Waals surface area (Å²) >= 11 is 7.49. The predicted molar refractivity (Wildman–Crippen MR) is 130 cm³/mol. The molecule has 0 radical (unpaired) electrons. The fourth-order valence-corrected chi connectivity index (χ4v) is 5.02. The summed E-state index contributed by atoms with van der Waals surface area (Å²) in [6, 6.07) is 13.0. The van der Waals surface area contributed by atoms with Crippen LogP contribution in [0.3, 0.4) is 0 Å². The number of nitrogens with one attached hydrogen (secondary N) is 1. The first-order valence-electron chi connectivity index (χ1n) is 10.5. The Morgan fingerprint density at radius 2 is 2.03 bits per heavy atom. The van der Waals surface area contributed by atoms with E-state index in [1.165, 1.54) is 11.8 Å². The van der Waals surface area contributed by atoms with Crippen molar-refractivity contribution in [2.75, 3.05) is 19.0 Å². The van der Waals surface area contributed by atoms with Gasteiger partial charge in [-0.05, 0) is 42.3 Å². The van der Waals surface area contributed by atoms with Crippen LogP contribution in [0.1, 0.15) is 36.0 Å². The van der Waals surface area contributed by atoms with Crippen LogP contribution in [0.2, 0.25) is 5.02 Å². The first kappa shape index (κ1) is 23.2. The molecule has 1 N–H and O–H groups in total. The summed E-state index contributed by atoms with van der Waals surface area (Å²) in [5.74, 6) is 1.64. The van der Waals surface area contributed by atoms with E-state index in [1.807, 2.05) is 43.3 Å². The third kappa shape index (κ3) is 4.86. The van der Waals surface area contributed by atoms with Crippen molar-refractivity contribution in [2.24, 2.45) is 7.05 Å². The van der Waals surface area contributed by atoms with Gasteiger partial charge in [0.2, 0.25) is 5.91 Å². The third-order valence-electron chi connectivity index (χ3n) is 5.45. The van der Waals surface area contributed by atoms with Gasteiger partial charge in [0.15, 0.2) is 16.7 Å². The number of carbonyl (C=O) groups excluding carboxylic acids is 1. The van der Waals surface area contributed by atoms with Crippen molar-refractivity contribution in [3.8, 4) is 11.5 Å². The number of hydrogen-bond acceptors (Lipinski definition) is 6. The molecule has 7 nitrogen and oxygen atoms in total. The molecule has 9 heteroatoms. The second-order valence-corrected chi connectivity index (χ2v) is 8.97. The molecule has 0 aliphatic carbocycles. The van der Waals surface area contributed by atoms with Crippen LogP contribution < -0.4 is 20.3 Å². The maximum atomic E-state index is 13.2. The number of halogens is 1. The Balaban J connectivity index is 1.71. The Kier molecular flexibility index (Phi) is 6.95. The molecule has 0 saturated carbocycles. The van der Waals surface area contributed by atoms with Crippen LogP contribution in [0.4, 0.5) is 5.82 Å². The van der Waals surface area contributed by atoms with Gasteiger partial charge in [-0.25, -0.2) is 0 Å². The van der Waals surface area contributed by atoms with E-state index in [0.29, 0.717) is 45.4 Å². The minimum atomic E-state index is -0.434. The van der Waals surface area contributed by atoms with E-state index in [2.05, 4.69) is 10.3 Å². The Morgan fingerprint density at radius 1 is 1.21 bits per heavy atom. The number of aromatic nitrogens is 2. The van der Waals surface area contributed by atoms with Crippen LogP contribution in [-0.4, -0.2) is 29.2 Å². The quantitative estimate of drug-likeness (QED) is 0.389. The molecular formula is C24H24ClN3O4S. The van der Waals surface area contributed by atoms with E-state index in [1.54, 1.807) is 24.8 Å². The monoisotopic (exact) mass is 485 g/mol. The van der Waals surface area contributed by atoms with Gasteiger partial charge in [-0.2, -0.15) is 4.98 Å². The number of hydrogen-bond donors (Lipinski definition) is 1. The Morgan fingerprint density at radius 3 is 2.76 bits per heavy atom. The molecule has 2 aromatic carbocycles. The van der Waals surface area contributed by atoms with Crippen molar-refractivity contribution in [3.63, 3.8) is 0 Å². The third-order valence-corrected chi connectivity index (χ3v) is 6.78. The number of nitrogens with zero attached hydrogens (tertiary/aromatic N) is 2. The minimum absolute atomic E-state index is 0.149. The summed E-state index contributed by atoms with van der Waals surface area (Å²) in [6.45, 7) is 2.40. The smallest absolute Gasteiger partial charge is 0.279 e. The fraction of sp³-hybridized carbons (Fsp3) is 0.292. The van der Waals surface area contributed by atoms with Crippen LogP contribution in [0, 0.1) is 0 Å². The highest BCUT2D eigenvalue weighted by Crippen LogP contribution is 2.39. The first-order valence-corrected chi connectivity index (χ1v) is 11.9. The van der Waals surface area contributed by atoms with Crippen LogP contribution in [0.25, 0.3) is 0 Å². The molecule has 0 bridgehead atoms. The lowest BCUT2D eigenvalue weighted by Gasteiger charge is -2.28. The Bertz CT molecular complexity index is 1260. The van der Waals surface area contributed by atoms with Gasteiger partial charge in [0.05, 0.1) is 19.3 Å². The molecular weight excluding hydrogens is 462 g/mol. The van der Waals surface area contributed by atoms with Crippen LogP contribution in [0.5, 0.6) is 11.5 Å². The summed E-state index contributed by atoms with van der Waals surface area (Å²) in [7, 11) is 3.36. The molecule has 1 aliphatic rings. The van der Waals surface area contributed by atoms with E-state index in [0.717, 1.165) is 11.1 Å². The van der Waals surface area contributed by atoms with Gasteiger partial charge in [0, 0.05) is 30.2 Å². The van der Waals surface area contributed by atoms with Crippen LogP contribution >= 0.6 is 23.4 Å². The average Bonchev–Trinajstić information content (AvgIpc) is 2.80. The maximum absolute atomic E-state index is 13.2. The zero-order valence-electron chi connectivity index (χ0n) is 18.6. The number of fused-ring (bicyclic) bond motifs is 1. The Hall–Kier alpha value is -2.97. The predicted octanol–water partition coefficient (Wildman–Crippen LogP) is 4.61. The number of methoxy groups -OCH3 is 1. The fourth-order valence-electron chi connectivity index (χ4n) is 3.90. The topological polar surface area (TPSA) is 82.5 Å². The highest BCUT2D eigenvalue weighted by Gasteiger charge is 2.32. The number of thioether (sulfide) groups is 1. The molecule has 0 fully saturated rings. The molecule has 1 aliphatic heterocycles. The Labute approximate surface area is 201 Å². The van der Waals surface area contributed by atoms with E-state index >= 15 is 0 Å². The molecule has 3 aromatic rings. The van der Waals surface area contributed by atoms with Crippen molar-refractivity contribution in [3.05, 3.63) is 74.5 Å². The van der Waals surface area contributed by atoms with Gasteiger partial charge in [-0.3, -0.25) is 9.59 Å². The summed E-state index contributed by atoms with van der Waals surface area (Å²) in [4.78, 5) is 30.1. The van der Waals surface area contributed by atoms with Crippen molar-refractivity contribution in [1.82, 2.24) is 9.55 Å². The van der Waals surface area contributed by atoms with Gasteiger partial charge < -0.3 is 19.4 Å². The summed E-state index contributed by atoms with van der Waals surface area (Å²) in [5.41, 5.74) is 1.93. The second-order valence-electron chi connectivity index (χ2n) is 7.59. The van der Waals surface area contributed by atoms with E-state index in [9.17, 15) is 9.59 Å². The zero-order valence-corrected chi connectivity index (χ0v) is 20.1. The molecule has 33 heavy (non-hydrogen) atoms. The molecule has 172 valence electrons. The van der Waals surface area contributed by atoms with Gasteiger partial charge in [0.25, 0.3) is 5.56 Å². The molecule has 4 rings (SSSR count). The number of benzene rings is 2. The molecule has 2 heterocycles. The highest BCUT2D eigenvalue weighted by atomic mass is 35.5. The van der Waals surface area contributed by atoms with Gasteiger partial charge in [-0.1, -0.05) is 41.6 Å². The molecule has 1 aromatic heterocycles. The lowest BCUT2D eigenvalue weighted by Crippen LogP contribution is -2.33. The summed E-state index contributed by atoms with van der Waals surface area (Å²) in [6.07, 6.45) is 0.149. The van der Waals surface area contributed by atoms with Gasteiger partial charge in [-0.15, -0.1) is 0 Å². The standard InChI is InChI=1S/C24H24ClN3O4S/c1-4-32-18-9-8-15(11-19(18)31-3)17-12-20(29)26-22-21(17)23(30)27-24(28(22)2)33-13-14-6-5-7-16(25)10-14/h5-11,17H,4,12-13H2,1-3H3,(H,26,29). The largest absolute Gasteiger partial charge is 0.493 e. The van der Waals surface area contributed by atoms with Crippen molar-refractivity contribution in [1.29, 1.82) is 0 Å². The molecule has 1 amide bonds. The second kappa shape index (κ2) is 9.89.